The van der Waals surface area contributed by atoms with Gasteiger partial charge in [-0.2, -0.15) is 0 Å². The molecule has 0 N–H and O–H groups in total. The summed E-state index contributed by atoms with van der Waals surface area (Å²) < 4.78 is 10.9. The van der Waals surface area contributed by atoms with Gasteiger partial charge in [0.05, 0.1) is 18.1 Å². The van der Waals surface area contributed by atoms with Crippen LogP contribution in [-0.2, 0) is 14.3 Å². The molecule has 0 saturated carbocycles. The summed E-state index contributed by atoms with van der Waals surface area (Å²) in [7, 11) is 0. The Bertz CT molecular complexity index is 212. The van der Waals surface area contributed by atoms with Crippen LogP contribution >= 0.6 is 0 Å². The molecule has 1 atom stereocenters. The normalized spacial score (nSPS) is 13.5. The summed E-state index contributed by atoms with van der Waals surface area (Å²) >= 11 is 0. The van der Waals surface area contributed by atoms with Crippen LogP contribution in [0.4, 0.5) is 0 Å². The zero-order valence-electron chi connectivity index (χ0n) is 12.0. The van der Waals surface area contributed by atoms with E-state index in [1.807, 2.05) is 13.8 Å². The van der Waals surface area contributed by atoms with E-state index < -0.39 is 0 Å². The third-order valence-electron chi connectivity index (χ3n) is 2.73. The molecule has 0 rings (SSSR count). The van der Waals surface area contributed by atoms with Gasteiger partial charge in [-0.1, -0.05) is 20.8 Å². The first kappa shape index (κ1) is 16.4. The summed E-state index contributed by atoms with van der Waals surface area (Å²) in [5, 5.41) is 0. The van der Waals surface area contributed by atoms with Crippen LogP contribution < -0.4 is 0 Å². The molecule has 3 nitrogen and oxygen atoms in total. The van der Waals surface area contributed by atoms with Crippen LogP contribution in [0.15, 0.2) is 0 Å². The number of hydrogen-bond donors (Lipinski definition) is 0. The fourth-order valence-electron chi connectivity index (χ4n) is 1.48. The Morgan fingerprint density at radius 1 is 1.18 bits per heavy atom. The van der Waals surface area contributed by atoms with Gasteiger partial charge < -0.3 is 9.47 Å². The molecule has 0 aliphatic heterocycles. The molecule has 3 heteroatoms. The minimum atomic E-state index is -0.144. The fourth-order valence-corrected chi connectivity index (χ4v) is 1.48. The van der Waals surface area contributed by atoms with E-state index in [2.05, 4.69) is 20.8 Å². The summed E-state index contributed by atoms with van der Waals surface area (Å²) in [5.74, 6) is -0.121. The van der Waals surface area contributed by atoms with Gasteiger partial charge in [-0.25, -0.2) is 0 Å². The second-order valence-corrected chi connectivity index (χ2v) is 5.22. The molecule has 0 aliphatic rings. The van der Waals surface area contributed by atoms with Gasteiger partial charge in [-0.15, -0.1) is 0 Å². The second-order valence-electron chi connectivity index (χ2n) is 5.22. The van der Waals surface area contributed by atoms with Crippen molar-refractivity contribution in [2.24, 2.45) is 5.92 Å². The maximum Gasteiger partial charge on any atom is 0.308 e. The number of rotatable bonds is 9. The van der Waals surface area contributed by atoms with Gasteiger partial charge in [0.1, 0.15) is 0 Å². The smallest absolute Gasteiger partial charge is 0.308 e. The van der Waals surface area contributed by atoms with Crippen molar-refractivity contribution in [1.29, 1.82) is 0 Å². The number of esters is 1. The molecule has 0 radical (unpaired) electrons. The lowest BCUT2D eigenvalue weighted by molar-refractivity contribution is -0.148. The van der Waals surface area contributed by atoms with E-state index in [1.165, 1.54) is 0 Å². The Balaban J connectivity index is 3.88. The molecular weight excluding hydrogens is 216 g/mol. The van der Waals surface area contributed by atoms with Crippen LogP contribution in [0.5, 0.6) is 0 Å². The van der Waals surface area contributed by atoms with Crippen molar-refractivity contribution >= 4 is 5.97 Å². The topological polar surface area (TPSA) is 35.5 Å². The predicted molar refractivity (Wildman–Crippen MR) is 70.0 cm³/mol. The van der Waals surface area contributed by atoms with Gasteiger partial charge in [-0.3, -0.25) is 4.79 Å². The lowest BCUT2D eigenvalue weighted by Crippen LogP contribution is -2.27. The first-order valence-electron chi connectivity index (χ1n) is 6.73. The van der Waals surface area contributed by atoms with E-state index in [1.54, 1.807) is 0 Å². The lowest BCUT2D eigenvalue weighted by Gasteiger charge is -2.26. The van der Waals surface area contributed by atoms with Crippen molar-refractivity contribution in [3.63, 3.8) is 0 Å². The van der Waals surface area contributed by atoms with Crippen molar-refractivity contribution in [3.8, 4) is 0 Å². The third-order valence-corrected chi connectivity index (χ3v) is 2.73. The molecule has 0 aliphatic carbocycles. The van der Waals surface area contributed by atoms with Crippen LogP contribution in [0, 0.1) is 5.92 Å². The van der Waals surface area contributed by atoms with Gasteiger partial charge in [0.15, 0.2) is 0 Å². The standard InChI is InChI=1S/C14H28O3/c1-6-10-16-13(15)12(3)8-9-14(4,5)17-11-7-2/h12H,6-11H2,1-5H3. The Morgan fingerprint density at radius 3 is 2.29 bits per heavy atom. The zero-order valence-corrected chi connectivity index (χ0v) is 12.0. The maximum atomic E-state index is 11.6. The molecule has 0 amide bonds. The molecule has 0 bridgehead atoms. The number of hydrogen-bond acceptors (Lipinski definition) is 3. The molecule has 0 aromatic heterocycles. The minimum Gasteiger partial charge on any atom is -0.465 e. The van der Waals surface area contributed by atoms with Crippen LogP contribution in [0.2, 0.25) is 0 Å². The molecule has 0 aromatic rings. The van der Waals surface area contributed by atoms with Gasteiger partial charge in [0, 0.05) is 6.61 Å². The highest BCUT2D eigenvalue weighted by Crippen LogP contribution is 2.21. The van der Waals surface area contributed by atoms with Crippen molar-refractivity contribution in [2.45, 2.75) is 65.9 Å². The predicted octanol–water partition coefficient (Wildman–Crippen LogP) is 3.56. The van der Waals surface area contributed by atoms with Crippen molar-refractivity contribution in [2.75, 3.05) is 13.2 Å². The third kappa shape index (κ3) is 8.19. The molecule has 17 heavy (non-hydrogen) atoms. The highest BCUT2D eigenvalue weighted by molar-refractivity contribution is 5.71. The number of ether oxygens (including phenoxy) is 2. The van der Waals surface area contributed by atoms with Crippen LogP contribution in [-0.4, -0.2) is 24.8 Å². The molecule has 0 spiro atoms. The molecule has 0 aromatic carbocycles. The van der Waals surface area contributed by atoms with Crippen molar-refractivity contribution in [1.82, 2.24) is 0 Å². The Labute approximate surface area is 106 Å². The SMILES string of the molecule is CCCOC(=O)C(C)CCC(C)(C)OCCC. The zero-order chi connectivity index (χ0) is 13.3. The average Bonchev–Trinajstić information content (AvgIpc) is 2.30. The van der Waals surface area contributed by atoms with E-state index in [0.717, 1.165) is 32.3 Å². The van der Waals surface area contributed by atoms with Gasteiger partial charge >= 0.3 is 5.97 Å². The summed E-state index contributed by atoms with van der Waals surface area (Å²) in [6, 6.07) is 0. The number of carbonyl (C=O) groups excluding carboxylic acids is 1. The van der Waals surface area contributed by atoms with Gasteiger partial charge in [0.25, 0.3) is 0 Å². The fraction of sp³-hybridized carbons (Fsp3) is 0.929. The van der Waals surface area contributed by atoms with E-state index in [9.17, 15) is 4.79 Å². The van der Waals surface area contributed by atoms with Crippen LogP contribution in [0.1, 0.15) is 60.3 Å². The number of carbonyl (C=O) groups is 1. The van der Waals surface area contributed by atoms with E-state index in [-0.39, 0.29) is 17.5 Å². The lowest BCUT2D eigenvalue weighted by atomic mass is 9.96. The summed E-state index contributed by atoms with van der Waals surface area (Å²) in [4.78, 5) is 11.6. The maximum absolute atomic E-state index is 11.6. The van der Waals surface area contributed by atoms with Crippen LogP contribution in [0.25, 0.3) is 0 Å². The van der Waals surface area contributed by atoms with E-state index >= 15 is 0 Å². The molecule has 0 heterocycles. The first-order valence-corrected chi connectivity index (χ1v) is 6.73. The second kappa shape index (κ2) is 8.51. The Kier molecular flexibility index (Phi) is 8.23. The van der Waals surface area contributed by atoms with Gasteiger partial charge in [0.2, 0.25) is 0 Å². The molecule has 102 valence electrons. The quantitative estimate of drug-likeness (QED) is 0.582. The minimum absolute atomic E-state index is 0.0361. The summed E-state index contributed by atoms with van der Waals surface area (Å²) in [6.45, 7) is 11.5. The first-order chi connectivity index (χ1) is 7.93. The van der Waals surface area contributed by atoms with Gasteiger partial charge in [-0.05, 0) is 39.5 Å². The Morgan fingerprint density at radius 2 is 1.76 bits per heavy atom. The van der Waals surface area contributed by atoms with Crippen molar-refractivity contribution in [3.05, 3.63) is 0 Å². The summed E-state index contributed by atoms with van der Waals surface area (Å²) in [6.07, 6.45) is 3.61. The van der Waals surface area contributed by atoms with Crippen LogP contribution in [0.3, 0.4) is 0 Å². The van der Waals surface area contributed by atoms with E-state index in [4.69, 9.17) is 9.47 Å². The van der Waals surface area contributed by atoms with Crippen molar-refractivity contribution < 1.29 is 14.3 Å². The molecule has 1 unspecified atom stereocenters. The monoisotopic (exact) mass is 244 g/mol. The van der Waals surface area contributed by atoms with E-state index in [0.29, 0.717) is 6.61 Å². The summed E-state index contributed by atoms with van der Waals surface area (Å²) in [5.41, 5.74) is -0.144. The largest absolute Gasteiger partial charge is 0.465 e. The Hall–Kier alpha value is -0.570. The molecular formula is C14H28O3. The molecule has 0 fully saturated rings. The molecule has 0 saturated heterocycles. The average molecular weight is 244 g/mol. The highest BCUT2D eigenvalue weighted by atomic mass is 16.5. The highest BCUT2D eigenvalue weighted by Gasteiger charge is 2.22.